The zero-order chi connectivity index (χ0) is 11.4. The first-order valence-electron chi connectivity index (χ1n) is 4.19. The normalized spacial score (nSPS) is 11.9. The fourth-order valence-electron chi connectivity index (χ4n) is 1.06. The maximum atomic E-state index is 11.4. The van der Waals surface area contributed by atoms with Crippen LogP contribution in [0.4, 0.5) is 0 Å². The van der Waals surface area contributed by atoms with E-state index in [1.165, 1.54) is 25.1 Å². The first-order chi connectivity index (χ1) is 7.02. The number of carbonyl (C=O) groups is 2. The Bertz CT molecular complexity index is 387. The number of ether oxygens (including phenoxy) is 1. The average molecular weight is 229 g/mol. The highest BCUT2D eigenvalue weighted by atomic mass is 35.5. The molecule has 4 nitrogen and oxygen atoms in total. The number of carboxylic acids is 1. The van der Waals surface area contributed by atoms with Crippen LogP contribution in [0.25, 0.3) is 0 Å². The van der Waals surface area contributed by atoms with Crippen molar-refractivity contribution in [1.29, 1.82) is 0 Å². The number of halogens is 1. The fraction of sp³-hybridized carbons (Fsp3) is 0.200. The molecule has 0 aromatic heterocycles. The molecule has 1 atom stereocenters. The SMILES string of the molecule is CC(Cl)OC(=O)c1ccccc1C(=O)O. The van der Waals surface area contributed by atoms with Crippen LogP contribution in [0, 0.1) is 0 Å². The number of esters is 1. The number of aromatic carboxylic acids is 1. The molecular weight excluding hydrogens is 220 g/mol. The van der Waals surface area contributed by atoms with Crippen LogP contribution in [0.2, 0.25) is 0 Å². The van der Waals surface area contributed by atoms with E-state index in [0.29, 0.717) is 0 Å². The largest absolute Gasteiger partial charge is 0.478 e. The molecule has 1 N–H and O–H groups in total. The van der Waals surface area contributed by atoms with E-state index in [1.54, 1.807) is 6.07 Å². The van der Waals surface area contributed by atoms with Gasteiger partial charge in [0.2, 0.25) is 0 Å². The quantitative estimate of drug-likeness (QED) is 0.636. The summed E-state index contributed by atoms with van der Waals surface area (Å²) in [6, 6.07) is 5.80. The van der Waals surface area contributed by atoms with Crippen molar-refractivity contribution >= 4 is 23.5 Å². The number of hydrogen-bond acceptors (Lipinski definition) is 3. The van der Waals surface area contributed by atoms with E-state index in [0.717, 1.165) is 0 Å². The lowest BCUT2D eigenvalue weighted by Gasteiger charge is -2.07. The highest BCUT2D eigenvalue weighted by Crippen LogP contribution is 2.12. The lowest BCUT2D eigenvalue weighted by molar-refractivity contribution is 0.0462. The Morgan fingerprint density at radius 1 is 1.33 bits per heavy atom. The lowest BCUT2D eigenvalue weighted by Crippen LogP contribution is -2.14. The van der Waals surface area contributed by atoms with E-state index in [2.05, 4.69) is 0 Å². The summed E-state index contributed by atoms with van der Waals surface area (Å²) in [5.74, 6) is -1.92. The van der Waals surface area contributed by atoms with Crippen molar-refractivity contribution in [2.24, 2.45) is 0 Å². The van der Waals surface area contributed by atoms with Crippen LogP contribution in [0.15, 0.2) is 24.3 Å². The zero-order valence-electron chi connectivity index (χ0n) is 7.94. The van der Waals surface area contributed by atoms with E-state index in [9.17, 15) is 9.59 Å². The Hall–Kier alpha value is -1.55. The summed E-state index contributed by atoms with van der Waals surface area (Å²) < 4.78 is 4.69. The molecule has 0 spiro atoms. The van der Waals surface area contributed by atoms with Crippen molar-refractivity contribution in [3.63, 3.8) is 0 Å². The minimum Gasteiger partial charge on any atom is -0.478 e. The smallest absolute Gasteiger partial charge is 0.340 e. The molecule has 0 aliphatic rings. The average Bonchev–Trinajstić information content (AvgIpc) is 2.16. The Morgan fingerprint density at radius 2 is 1.87 bits per heavy atom. The van der Waals surface area contributed by atoms with Gasteiger partial charge in [0.25, 0.3) is 0 Å². The van der Waals surface area contributed by atoms with E-state index in [-0.39, 0.29) is 11.1 Å². The Labute approximate surface area is 91.4 Å². The summed E-state index contributed by atoms with van der Waals surface area (Å²) in [5, 5.41) is 8.81. The van der Waals surface area contributed by atoms with Crippen LogP contribution in [-0.4, -0.2) is 22.6 Å². The van der Waals surface area contributed by atoms with Gasteiger partial charge in [0.1, 0.15) is 0 Å². The summed E-state index contributed by atoms with van der Waals surface area (Å²) in [4.78, 5) is 22.2. The van der Waals surface area contributed by atoms with Crippen molar-refractivity contribution in [3.05, 3.63) is 35.4 Å². The Kier molecular flexibility index (Phi) is 3.68. The van der Waals surface area contributed by atoms with Crippen LogP contribution in [0.5, 0.6) is 0 Å². The van der Waals surface area contributed by atoms with E-state index in [4.69, 9.17) is 21.4 Å². The molecule has 0 aliphatic carbocycles. The van der Waals surface area contributed by atoms with Crippen molar-refractivity contribution < 1.29 is 19.4 Å². The molecule has 0 bridgehead atoms. The van der Waals surface area contributed by atoms with Crippen LogP contribution in [-0.2, 0) is 4.74 Å². The highest BCUT2D eigenvalue weighted by Gasteiger charge is 2.17. The van der Waals surface area contributed by atoms with Crippen molar-refractivity contribution in [2.75, 3.05) is 0 Å². The van der Waals surface area contributed by atoms with Crippen molar-refractivity contribution in [1.82, 2.24) is 0 Å². The molecule has 1 unspecified atom stereocenters. The number of carbonyl (C=O) groups excluding carboxylic acids is 1. The molecule has 1 aromatic rings. The number of carboxylic acid groups (broad SMARTS) is 1. The van der Waals surface area contributed by atoms with E-state index in [1.807, 2.05) is 0 Å². The zero-order valence-corrected chi connectivity index (χ0v) is 8.69. The van der Waals surface area contributed by atoms with Gasteiger partial charge in [0.15, 0.2) is 5.56 Å². The summed E-state index contributed by atoms with van der Waals surface area (Å²) in [7, 11) is 0. The molecule has 0 saturated carbocycles. The van der Waals surface area contributed by atoms with Gasteiger partial charge < -0.3 is 9.84 Å². The highest BCUT2D eigenvalue weighted by molar-refractivity contribution is 6.20. The molecular formula is C10H9ClO4. The number of rotatable bonds is 3. The van der Waals surface area contributed by atoms with Gasteiger partial charge in [-0.3, -0.25) is 0 Å². The van der Waals surface area contributed by atoms with E-state index < -0.39 is 17.5 Å². The van der Waals surface area contributed by atoms with Crippen molar-refractivity contribution in [3.8, 4) is 0 Å². The molecule has 80 valence electrons. The minimum absolute atomic E-state index is 0.00231. The Morgan fingerprint density at radius 3 is 2.33 bits per heavy atom. The lowest BCUT2D eigenvalue weighted by atomic mass is 10.1. The molecule has 15 heavy (non-hydrogen) atoms. The second-order valence-electron chi connectivity index (χ2n) is 2.80. The van der Waals surface area contributed by atoms with Gasteiger partial charge in [-0.25, -0.2) is 9.59 Å². The minimum atomic E-state index is -1.18. The number of alkyl halides is 1. The van der Waals surface area contributed by atoms with Gasteiger partial charge in [-0.1, -0.05) is 23.7 Å². The third-order valence-corrected chi connectivity index (χ3v) is 1.74. The first kappa shape index (κ1) is 11.5. The van der Waals surface area contributed by atoms with Crippen LogP contribution < -0.4 is 0 Å². The summed E-state index contributed by atoms with van der Waals surface area (Å²) in [6.07, 6.45) is 0. The first-order valence-corrected chi connectivity index (χ1v) is 4.63. The standard InChI is InChI=1S/C10H9ClO4/c1-6(11)15-10(14)8-5-3-2-4-7(8)9(12)13/h2-6H,1H3,(H,12,13). The van der Waals surface area contributed by atoms with Crippen molar-refractivity contribution in [2.45, 2.75) is 12.5 Å². The molecule has 0 radical (unpaired) electrons. The van der Waals surface area contributed by atoms with Gasteiger partial charge in [-0.2, -0.15) is 0 Å². The molecule has 0 fully saturated rings. The third kappa shape index (κ3) is 2.95. The Balaban J connectivity index is 3.03. The predicted molar refractivity (Wildman–Crippen MR) is 54.1 cm³/mol. The van der Waals surface area contributed by atoms with Gasteiger partial charge in [0.05, 0.1) is 11.1 Å². The second kappa shape index (κ2) is 4.79. The number of benzene rings is 1. The van der Waals surface area contributed by atoms with Gasteiger partial charge in [0, 0.05) is 0 Å². The molecule has 1 aromatic carbocycles. The van der Waals surface area contributed by atoms with Gasteiger partial charge in [-0.05, 0) is 19.1 Å². The predicted octanol–water partition coefficient (Wildman–Crippen LogP) is 2.13. The molecule has 0 aliphatic heterocycles. The summed E-state index contributed by atoms with van der Waals surface area (Å²) in [6.45, 7) is 1.48. The molecule has 0 saturated heterocycles. The number of hydrogen-bond donors (Lipinski definition) is 1. The maximum Gasteiger partial charge on any atom is 0.340 e. The monoisotopic (exact) mass is 228 g/mol. The third-order valence-electron chi connectivity index (χ3n) is 1.65. The van der Waals surface area contributed by atoms with Crippen LogP contribution in [0.3, 0.4) is 0 Å². The van der Waals surface area contributed by atoms with Crippen LogP contribution in [0.1, 0.15) is 27.6 Å². The van der Waals surface area contributed by atoms with E-state index >= 15 is 0 Å². The van der Waals surface area contributed by atoms with Crippen LogP contribution >= 0.6 is 11.6 Å². The molecule has 1 rings (SSSR count). The molecule has 0 heterocycles. The molecule has 5 heteroatoms. The van der Waals surface area contributed by atoms with Gasteiger partial charge >= 0.3 is 11.9 Å². The topological polar surface area (TPSA) is 63.6 Å². The fourth-order valence-corrected chi connectivity index (χ4v) is 1.14. The molecule has 0 amide bonds. The maximum absolute atomic E-state index is 11.4. The van der Waals surface area contributed by atoms with Gasteiger partial charge in [-0.15, -0.1) is 0 Å². The summed E-state index contributed by atoms with van der Waals surface area (Å²) in [5.41, 5.74) is -0.892. The second-order valence-corrected chi connectivity index (χ2v) is 3.41. The summed E-state index contributed by atoms with van der Waals surface area (Å²) >= 11 is 5.46.